The van der Waals surface area contributed by atoms with Crippen LogP contribution in [-0.4, -0.2) is 24.2 Å². The number of methoxy groups -OCH3 is 2. The minimum atomic E-state index is 0.0105. The van der Waals surface area contributed by atoms with Gasteiger partial charge in [-0.2, -0.15) is 0 Å². The van der Waals surface area contributed by atoms with E-state index >= 15 is 0 Å². The first-order chi connectivity index (χ1) is 9.36. The third kappa shape index (κ3) is 2.57. The fourth-order valence-electron chi connectivity index (χ4n) is 1.94. The van der Waals surface area contributed by atoms with Crippen LogP contribution < -0.4 is 15.2 Å². The molecule has 2 rings (SSSR count). The second-order valence-corrected chi connectivity index (χ2v) is 5.69. The highest BCUT2D eigenvalue weighted by molar-refractivity contribution is 5.76. The quantitative estimate of drug-likeness (QED) is 0.845. The number of aromatic amines is 1. The number of H-pyrrole nitrogens is 1. The van der Waals surface area contributed by atoms with Crippen molar-refractivity contribution in [1.82, 2.24) is 9.97 Å². The molecule has 5 nitrogen and oxygen atoms in total. The van der Waals surface area contributed by atoms with Crippen LogP contribution in [0.3, 0.4) is 0 Å². The Morgan fingerprint density at radius 2 is 1.70 bits per heavy atom. The summed E-state index contributed by atoms with van der Waals surface area (Å²) in [5, 5.41) is 0. The molecule has 1 aromatic carbocycles. The van der Waals surface area contributed by atoms with E-state index in [1.807, 2.05) is 12.3 Å². The van der Waals surface area contributed by atoms with Gasteiger partial charge in [0.2, 0.25) is 0 Å². The molecule has 0 aliphatic rings. The average molecular weight is 275 g/mol. The number of ether oxygens (including phenoxy) is 2. The zero-order valence-corrected chi connectivity index (χ0v) is 12.6. The number of nitrogens with one attached hydrogen (secondary N) is 1. The predicted molar refractivity (Wildman–Crippen MR) is 80.2 cm³/mol. The topological polar surface area (TPSA) is 73.2 Å². The van der Waals surface area contributed by atoms with Crippen LogP contribution in [0.25, 0.3) is 11.4 Å². The lowest BCUT2D eigenvalue weighted by atomic mass is 9.93. The van der Waals surface area contributed by atoms with Crippen molar-refractivity contribution in [3.63, 3.8) is 0 Å². The summed E-state index contributed by atoms with van der Waals surface area (Å²) in [5.41, 5.74) is 8.54. The normalized spacial score (nSPS) is 11.4. The standard InChI is InChI=1S/C15H21N3O2/c1-15(2,3)13-8-17-14(18-13)9-6-11(19-4)12(20-5)7-10(9)16/h6-8H,16H2,1-5H3,(H,17,18). The maximum absolute atomic E-state index is 6.08. The van der Waals surface area contributed by atoms with E-state index in [0.717, 1.165) is 17.1 Å². The van der Waals surface area contributed by atoms with E-state index < -0.39 is 0 Å². The van der Waals surface area contributed by atoms with Crippen molar-refractivity contribution < 1.29 is 9.47 Å². The molecule has 0 bridgehead atoms. The molecule has 0 aliphatic carbocycles. The summed E-state index contributed by atoms with van der Waals surface area (Å²) >= 11 is 0. The van der Waals surface area contributed by atoms with Crippen LogP contribution >= 0.6 is 0 Å². The van der Waals surface area contributed by atoms with Crippen molar-refractivity contribution in [2.45, 2.75) is 26.2 Å². The Hall–Kier alpha value is -2.17. The van der Waals surface area contributed by atoms with Gasteiger partial charge in [0.15, 0.2) is 11.5 Å². The third-order valence-corrected chi connectivity index (χ3v) is 3.19. The van der Waals surface area contributed by atoms with Gasteiger partial charge in [0, 0.05) is 34.6 Å². The fourth-order valence-corrected chi connectivity index (χ4v) is 1.94. The van der Waals surface area contributed by atoms with E-state index in [4.69, 9.17) is 15.2 Å². The zero-order valence-electron chi connectivity index (χ0n) is 12.6. The van der Waals surface area contributed by atoms with Crippen molar-refractivity contribution in [2.75, 3.05) is 20.0 Å². The molecule has 108 valence electrons. The van der Waals surface area contributed by atoms with Gasteiger partial charge in [-0.1, -0.05) is 20.8 Å². The maximum Gasteiger partial charge on any atom is 0.162 e. The number of nitrogens with two attached hydrogens (primary N) is 1. The number of anilines is 1. The minimum Gasteiger partial charge on any atom is -0.493 e. The number of imidazole rings is 1. The lowest BCUT2D eigenvalue weighted by Gasteiger charge is -2.15. The first-order valence-electron chi connectivity index (χ1n) is 6.44. The molecule has 1 aromatic heterocycles. The number of hydrogen-bond donors (Lipinski definition) is 2. The summed E-state index contributed by atoms with van der Waals surface area (Å²) < 4.78 is 10.5. The SMILES string of the molecule is COc1cc(N)c(-c2ncc(C(C)(C)C)[nH]2)cc1OC. The van der Waals surface area contributed by atoms with E-state index in [1.165, 1.54) is 0 Å². The molecule has 2 aromatic rings. The molecule has 0 spiro atoms. The van der Waals surface area contributed by atoms with Gasteiger partial charge >= 0.3 is 0 Å². The number of nitrogen functional groups attached to an aromatic ring is 1. The van der Waals surface area contributed by atoms with Crippen LogP contribution in [0.15, 0.2) is 18.3 Å². The van der Waals surface area contributed by atoms with Gasteiger partial charge in [-0.05, 0) is 6.07 Å². The number of nitrogens with zero attached hydrogens (tertiary/aromatic N) is 1. The molecule has 5 heteroatoms. The van der Waals surface area contributed by atoms with Crippen LogP contribution in [0.4, 0.5) is 5.69 Å². The Bertz CT molecular complexity index is 612. The fraction of sp³-hybridized carbons (Fsp3) is 0.400. The van der Waals surface area contributed by atoms with Gasteiger partial charge in [0.1, 0.15) is 5.82 Å². The summed E-state index contributed by atoms with van der Waals surface area (Å²) in [6.45, 7) is 6.38. The van der Waals surface area contributed by atoms with E-state index in [0.29, 0.717) is 17.2 Å². The van der Waals surface area contributed by atoms with Crippen molar-refractivity contribution in [3.8, 4) is 22.9 Å². The van der Waals surface area contributed by atoms with Crippen LogP contribution in [0.2, 0.25) is 0 Å². The van der Waals surface area contributed by atoms with Gasteiger partial charge in [0.05, 0.1) is 14.2 Å². The molecule has 20 heavy (non-hydrogen) atoms. The predicted octanol–water partition coefficient (Wildman–Crippen LogP) is 2.97. The van der Waals surface area contributed by atoms with Gasteiger partial charge in [-0.3, -0.25) is 0 Å². The summed E-state index contributed by atoms with van der Waals surface area (Å²) in [6, 6.07) is 3.58. The van der Waals surface area contributed by atoms with E-state index in [2.05, 4.69) is 30.7 Å². The highest BCUT2D eigenvalue weighted by Crippen LogP contribution is 2.36. The molecule has 0 unspecified atom stereocenters. The lowest BCUT2D eigenvalue weighted by molar-refractivity contribution is 0.355. The molecule has 0 aliphatic heterocycles. The molecule has 0 saturated carbocycles. The van der Waals surface area contributed by atoms with Gasteiger partial charge in [-0.15, -0.1) is 0 Å². The second kappa shape index (κ2) is 5.07. The van der Waals surface area contributed by atoms with Crippen LogP contribution in [0.5, 0.6) is 11.5 Å². The lowest BCUT2D eigenvalue weighted by Crippen LogP contribution is -2.11. The minimum absolute atomic E-state index is 0.0105. The van der Waals surface area contributed by atoms with Gasteiger partial charge < -0.3 is 20.2 Å². The molecule has 0 fully saturated rings. The molecular formula is C15H21N3O2. The Kier molecular flexibility index (Phi) is 3.61. The summed E-state index contributed by atoms with van der Waals surface area (Å²) in [5.74, 6) is 1.97. The highest BCUT2D eigenvalue weighted by atomic mass is 16.5. The molecular weight excluding hydrogens is 254 g/mol. The maximum atomic E-state index is 6.08. The van der Waals surface area contributed by atoms with Crippen molar-refractivity contribution in [2.24, 2.45) is 0 Å². The van der Waals surface area contributed by atoms with E-state index in [9.17, 15) is 0 Å². The first kappa shape index (κ1) is 14.2. The summed E-state index contributed by atoms with van der Waals surface area (Å²) in [7, 11) is 3.18. The summed E-state index contributed by atoms with van der Waals surface area (Å²) in [6.07, 6.45) is 1.84. The Balaban J connectivity index is 2.50. The zero-order chi connectivity index (χ0) is 14.9. The van der Waals surface area contributed by atoms with Crippen molar-refractivity contribution >= 4 is 5.69 Å². The monoisotopic (exact) mass is 275 g/mol. The van der Waals surface area contributed by atoms with Crippen molar-refractivity contribution in [1.29, 1.82) is 0 Å². The second-order valence-electron chi connectivity index (χ2n) is 5.69. The van der Waals surface area contributed by atoms with Crippen LogP contribution in [0, 0.1) is 0 Å². The highest BCUT2D eigenvalue weighted by Gasteiger charge is 2.19. The number of hydrogen-bond acceptors (Lipinski definition) is 4. The summed E-state index contributed by atoms with van der Waals surface area (Å²) in [4.78, 5) is 7.72. The van der Waals surface area contributed by atoms with Gasteiger partial charge in [0.25, 0.3) is 0 Å². The van der Waals surface area contributed by atoms with Gasteiger partial charge in [-0.25, -0.2) is 4.98 Å². The Morgan fingerprint density at radius 3 is 2.20 bits per heavy atom. The Morgan fingerprint density at radius 1 is 1.10 bits per heavy atom. The third-order valence-electron chi connectivity index (χ3n) is 3.19. The molecule has 0 amide bonds. The molecule has 3 N–H and O–H groups in total. The number of benzene rings is 1. The van der Waals surface area contributed by atoms with Crippen LogP contribution in [0.1, 0.15) is 26.5 Å². The van der Waals surface area contributed by atoms with E-state index in [-0.39, 0.29) is 5.41 Å². The molecule has 0 saturated heterocycles. The number of aromatic nitrogens is 2. The first-order valence-corrected chi connectivity index (χ1v) is 6.44. The van der Waals surface area contributed by atoms with E-state index in [1.54, 1.807) is 20.3 Å². The number of rotatable bonds is 3. The largest absolute Gasteiger partial charge is 0.493 e. The van der Waals surface area contributed by atoms with Crippen molar-refractivity contribution in [3.05, 3.63) is 24.0 Å². The Labute approximate surface area is 119 Å². The molecule has 1 heterocycles. The average Bonchev–Trinajstić information content (AvgIpc) is 2.87. The molecule has 0 atom stereocenters. The van der Waals surface area contributed by atoms with Crippen LogP contribution in [-0.2, 0) is 5.41 Å². The molecule has 0 radical (unpaired) electrons. The smallest absolute Gasteiger partial charge is 0.162 e.